The first-order valence-electron chi connectivity index (χ1n) is 9.19. The topological polar surface area (TPSA) is 78.7 Å². The van der Waals surface area contributed by atoms with E-state index in [9.17, 15) is 4.79 Å². The van der Waals surface area contributed by atoms with Gasteiger partial charge in [0.25, 0.3) is 0 Å². The Morgan fingerprint density at radius 3 is 2.96 bits per heavy atom. The third-order valence-corrected chi connectivity index (χ3v) is 5.36. The van der Waals surface area contributed by atoms with Gasteiger partial charge in [0.1, 0.15) is 0 Å². The van der Waals surface area contributed by atoms with Crippen LogP contribution >= 0.6 is 0 Å². The molecule has 0 radical (unpaired) electrons. The summed E-state index contributed by atoms with van der Waals surface area (Å²) < 4.78 is 18.5. The molecule has 0 unspecified atom stereocenters. The number of carbonyl (C=O) groups excluding carboxylic acids is 1. The van der Waals surface area contributed by atoms with Gasteiger partial charge in [0.15, 0.2) is 11.5 Å². The fraction of sp³-hybridized carbons (Fsp3) is 0.526. The molecule has 1 aromatic heterocycles. The standard InChI is InChI=1S/C19H24N4O4/c1-25-16-5-3-13(9-17(16)26-2)4-6-19(24)22-8-7-15-18(11-22)27-12-14-10-20-21-23(14)15/h3,5,9-10,15,18H,4,6-8,11-12H2,1-2H3/t15-,18-/m0/s1. The van der Waals surface area contributed by atoms with Crippen molar-refractivity contribution in [3.8, 4) is 11.5 Å². The van der Waals surface area contributed by atoms with E-state index in [1.54, 1.807) is 20.4 Å². The number of carbonyl (C=O) groups is 1. The van der Waals surface area contributed by atoms with Crippen LogP contribution in [-0.4, -0.2) is 59.2 Å². The maximum atomic E-state index is 12.7. The van der Waals surface area contributed by atoms with Gasteiger partial charge in [-0.3, -0.25) is 4.79 Å². The lowest BCUT2D eigenvalue weighted by atomic mass is 9.99. The lowest BCUT2D eigenvalue weighted by Gasteiger charge is -2.41. The van der Waals surface area contributed by atoms with Crippen LogP contribution in [0.4, 0.5) is 0 Å². The molecule has 2 aliphatic heterocycles. The van der Waals surface area contributed by atoms with Gasteiger partial charge in [-0.2, -0.15) is 0 Å². The molecule has 0 N–H and O–H groups in total. The van der Waals surface area contributed by atoms with Crippen molar-refractivity contribution >= 4 is 5.91 Å². The molecular weight excluding hydrogens is 348 g/mol. The monoisotopic (exact) mass is 372 g/mol. The zero-order valence-electron chi connectivity index (χ0n) is 15.6. The number of benzene rings is 1. The van der Waals surface area contributed by atoms with Crippen LogP contribution in [0, 0.1) is 0 Å². The van der Waals surface area contributed by atoms with E-state index in [1.807, 2.05) is 27.8 Å². The number of fused-ring (bicyclic) bond motifs is 3. The Morgan fingerprint density at radius 1 is 1.30 bits per heavy atom. The zero-order valence-corrected chi connectivity index (χ0v) is 15.6. The number of likely N-dealkylation sites (tertiary alicyclic amines) is 1. The van der Waals surface area contributed by atoms with Gasteiger partial charge < -0.3 is 19.1 Å². The maximum Gasteiger partial charge on any atom is 0.222 e. The summed E-state index contributed by atoms with van der Waals surface area (Å²) >= 11 is 0. The van der Waals surface area contributed by atoms with E-state index in [0.717, 1.165) is 17.7 Å². The summed E-state index contributed by atoms with van der Waals surface area (Å²) in [5.74, 6) is 1.52. The molecule has 4 rings (SSSR count). The number of hydrogen-bond acceptors (Lipinski definition) is 6. The average Bonchev–Trinajstić information content (AvgIpc) is 3.20. The molecule has 8 heteroatoms. The summed E-state index contributed by atoms with van der Waals surface area (Å²) in [5, 5.41) is 8.15. The zero-order chi connectivity index (χ0) is 18.8. The number of aromatic nitrogens is 3. The van der Waals surface area contributed by atoms with E-state index in [-0.39, 0.29) is 18.1 Å². The number of rotatable bonds is 5. The molecule has 27 heavy (non-hydrogen) atoms. The van der Waals surface area contributed by atoms with Crippen molar-refractivity contribution in [2.45, 2.75) is 38.0 Å². The van der Waals surface area contributed by atoms with Gasteiger partial charge in [-0.05, 0) is 30.5 Å². The highest BCUT2D eigenvalue weighted by Gasteiger charge is 2.37. The van der Waals surface area contributed by atoms with E-state index in [0.29, 0.717) is 44.0 Å². The Kier molecular flexibility index (Phi) is 4.98. The minimum absolute atomic E-state index is 0.0158. The van der Waals surface area contributed by atoms with E-state index in [4.69, 9.17) is 14.2 Å². The minimum atomic E-state index is -0.0158. The normalized spacial score (nSPS) is 21.3. The van der Waals surface area contributed by atoms with Crippen LogP contribution in [0.1, 0.15) is 30.1 Å². The second-order valence-corrected chi connectivity index (χ2v) is 6.90. The second-order valence-electron chi connectivity index (χ2n) is 6.90. The Hall–Kier alpha value is -2.61. The summed E-state index contributed by atoms with van der Waals surface area (Å²) in [6.07, 6.45) is 3.69. The molecular formula is C19H24N4O4. The summed E-state index contributed by atoms with van der Waals surface area (Å²) in [5.41, 5.74) is 2.06. The molecule has 1 saturated heterocycles. The highest BCUT2D eigenvalue weighted by atomic mass is 16.5. The van der Waals surface area contributed by atoms with E-state index >= 15 is 0 Å². The third-order valence-electron chi connectivity index (χ3n) is 5.36. The van der Waals surface area contributed by atoms with E-state index in [2.05, 4.69) is 10.3 Å². The SMILES string of the molecule is COc1ccc(CCC(=O)N2CC[C@H]3[C@H](C2)OCc2cnnn23)cc1OC. The number of methoxy groups -OCH3 is 2. The van der Waals surface area contributed by atoms with Crippen molar-refractivity contribution in [1.29, 1.82) is 0 Å². The first-order chi connectivity index (χ1) is 13.2. The van der Waals surface area contributed by atoms with Crippen LogP contribution < -0.4 is 9.47 Å². The molecule has 0 aliphatic carbocycles. The Morgan fingerprint density at radius 2 is 2.15 bits per heavy atom. The van der Waals surface area contributed by atoms with Crippen LogP contribution in [0.25, 0.3) is 0 Å². The molecule has 1 fully saturated rings. The van der Waals surface area contributed by atoms with Crippen LogP contribution in [0.15, 0.2) is 24.4 Å². The molecule has 2 atom stereocenters. The van der Waals surface area contributed by atoms with Crippen molar-refractivity contribution in [2.24, 2.45) is 0 Å². The molecule has 0 saturated carbocycles. The predicted molar refractivity (Wildman–Crippen MR) is 96.7 cm³/mol. The minimum Gasteiger partial charge on any atom is -0.493 e. The first kappa shape index (κ1) is 17.8. The van der Waals surface area contributed by atoms with Crippen LogP contribution in [-0.2, 0) is 22.6 Å². The van der Waals surface area contributed by atoms with Crippen LogP contribution in [0.5, 0.6) is 11.5 Å². The van der Waals surface area contributed by atoms with Crippen molar-refractivity contribution in [3.05, 3.63) is 35.7 Å². The number of ether oxygens (including phenoxy) is 3. The van der Waals surface area contributed by atoms with Gasteiger partial charge >= 0.3 is 0 Å². The Balaban J connectivity index is 1.35. The number of amides is 1. The van der Waals surface area contributed by atoms with Gasteiger partial charge in [0, 0.05) is 19.5 Å². The largest absolute Gasteiger partial charge is 0.493 e. The average molecular weight is 372 g/mol. The fourth-order valence-corrected chi connectivity index (χ4v) is 3.86. The van der Waals surface area contributed by atoms with Crippen molar-refractivity contribution in [1.82, 2.24) is 19.9 Å². The van der Waals surface area contributed by atoms with Gasteiger partial charge in [0.2, 0.25) is 5.91 Å². The maximum absolute atomic E-state index is 12.7. The van der Waals surface area contributed by atoms with Gasteiger partial charge in [0.05, 0.1) is 44.9 Å². The molecule has 8 nitrogen and oxygen atoms in total. The quantitative estimate of drug-likeness (QED) is 0.793. The number of nitrogens with zero attached hydrogens (tertiary/aromatic N) is 4. The van der Waals surface area contributed by atoms with Crippen molar-refractivity contribution in [3.63, 3.8) is 0 Å². The van der Waals surface area contributed by atoms with E-state index < -0.39 is 0 Å². The molecule has 2 aromatic rings. The lowest BCUT2D eigenvalue weighted by Crippen LogP contribution is -2.50. The van der Waals surface area contributed by atoms with Crippen molar-refractivity contribution in [2.75, 3.05) is 27.3 Å². The molecule has 144 valence electrons. The first-order valence-corrected chi connectivity index (χ1v) is 9.19. The van der Waals surface area contributed by atoms with Gasteiger partial charge in [-0.15, -0.1) is 5.10 Å². The predicted octanol–water partition coefficient (Wildman–Crippen LogP) is 1.60. The highest BCUT2D eigenvalue weighted by Crippen LogP contribution is 2.31. The summed E-state index contributed by atoms with van der Waals surface area (Å²) in [6.45, 7) is 1.82. The highest BCUT2D eigenvalue weighted by molar-refractivity contribution is 5.76. The molecule has 1 amide bonds. The van der Waals surface area contributed by atoms with Gasteiger partial charge in [-0.1, -0.05) is 11.3 Å². The number of hydrogen-bond donors (Lipinski definition) is 0. The Bertz CT molecular complexity index is 822. The van der Waals surface area contributed by atoms with Crippen LogP contribution in [0.2, 0.25) is 0 Å². The fourth-order valence-electron chi connectivity index (χ4n) is 3.86. The lowest BCUT2D eigenvalue weighted by molar-refractivity contribution is -0.139. The second kappa shape index (κ2) is 7.56. The molecule has 0 spiro atoms. The van der Waals surface area contributed by atoms with Gasteiger partial charge in [-0.25, -0.2) is 4.68 Å². The van der Waals surface area contributed by atoms with Crippen LogP contribution in [0.3, 0.4) is 0 Å². The van der Waals surface area contributed by atoms with E-state index in [1.165, 1.54) is 0 Å². The van der Waals surface area contributed by atoms with Crippen molar-refractivity contribution < 1.29 is 19.0 Å². The molecule has 3 heterocycles. The summed E-state index contributed by atoms with van der Waals surface area (Å²) in [7, 11) is 3.22. The summed E-state index contributed by atoms with van der Waals surface area (Å²) in [6, 6.07) is 5.94. The smallest absolute Gasteiger partial charge is 0.222 e. The molecule has 1 aromatic carbocycles. The number of aryl methyl sites for hydroxylation is 1. The molecule has 0 bridgehead atoms. The third kappa shape index (κ3) is 3.49. The Labute approximate surface area is 158 Å². The molecule has 2 aliphatic rings. The summed E-state index contributed by atoms with van der Waals surface area (Å²) in [4.78, 5) is 14.6. The number of piperidine rings is 1.